The third-order valence-electron chi connectivity index (χ3n) is 6.65. The maximum atomic E-state index is 11.6. The second kappa shape index (κ2) is 11.0. The number of hydrogen-bond acceptors (Lipinski definition) is 3. The summed E-state index contributed by atoms with van der Waals surface area (Å²) < 4.78 is 12.1. The third kappa shape index (κ3) is 6.27. The van der Waals surface area contributed by atoms with Gasteiger partial charge in [-0.1, -0.05) is 63.1 Å². The summed E-state index contributed by atoms with van der Waals surface area (Å²) in [7, 11) is 0. The Morgan fingerprint density at radius 1 is 1.18 bits per heavy atom. The van der Waals surface area contributed by atoms with E-state index >= 15 is 0 Å². The molecule has 2 aromatic carbocycles. The van der Waals surface area contributed by atoms with E-state index in [0.717, 1.165) is 41.9 Å². The third-order valence-corrected chi connectivity index (χ3v) is 6.65. The van der Waals surface area contributed by atoms with Crippen molar-refractivity contribution in [3.63, 3.8) is 0 Å². The van der Waals surface area contributed by atoms with Crippen molar-refractivity contribution in [2.45, 2.75) is 96.9 Å². The zero-order chi connectivity index (χ0) is 24.0. The van der Waals surface area contributed by atoms with Crippen molar-refractivity contribution in [1.29, 1.82) is 0 Å². The molecule has 176 valence electrons. The van der Waals surface area contributed by atoms with E-state index in [9.17, 15) is 4.79 Å². The molecule has 3 heteroatoms. The van der Waals surface area contributed by atoms with E-state index in [0.29, 0.717) is 6.42 Å². The lowest BCUT2D eigenvalue weighted by molar-refractivity contribution is -0.181. The quantitative estimate of drug-likeness (QED) is 0.358. The smallest absolute Gasteiger partial charge is 0.302 e. The Kier molecular flexibility index (Phi) is 8.38. The number of benzene rings is 2. The van der Waals surface area contributed by atoms with Crippen molar-refractivity contribution in [2.24, 2.45) is 0 Å². The van der Waals surface area contributed by atoms with Gasteiger partial charge in [-0.2, -0.15) is 0 Å². The molecule has 0 bridgehead atoms. The summed E-state index contributed by atoms with van der Waals surface area (Å²) in [6.45, 7) is 9.69. The van der Waals surface area contributed by atoms with Crippen molar-refractivity contribution in [1.82, 2.24) is 0 Å². The number of esters is 1. The van der Waals surface area contributed by atoms with Crippen LogP contribution in [0.5, 0.6) is 0 Å². The molecule has 3 atom stereocenters. The lowest BCUT2D eigenvalue weighted by Crippen LogP contribution is -2.43. The maximum absolute atomic E-state index is 11.6. The second-order valence-electron chi connectivity index (χ2n) is 9.26. The van der Waals surface area contributed by atoms with E-state index in [1.807, 2.05) is 19.9 Å². The lowest BCUT2D eigenvalue weighted by atomic mass is 9.82. The first kappa shape index (κ1) is 25.1. The number of carbonyl (C=O) groups excluding carboxylic acids is 1. The number of carbonyl (C=O) groups is 1. The van der Waals surface area contributed by atoms with Gasteiger partial charge < -0.3 is 9.47 Å². The van der Waals surface area contributed by atoms with Gasteiger partial charge in [-0.15, -0.1) is 6.42 Å². The van der Waals surface area contributed by atoms with Crippen molar-refractivity contribution in [3.05, 3.63) is 70.3 Å². The molecule has 1 aliphatic carbocycles. The van der Waals surface area contributed by atoms with Crippen LogP contribution in [0.3, 0.4) is 0 Å². The van der Waals surface area contributed by atoms with E-state index in [1.54, 1.807) is 0 Å². The zero-order valence-electron chi connectivity index (χ0n) is 20.8. The molecule has 0 aromatic heterocycles. The molecule has 0 N–H and O–H groups in total. The topological polar surface area (TPSA) is 35.5 Å². The Labute approximate surface area is 199 Å². The van der Waals surface area contributed by atoms with Gasteiger partial charge in [0.15, 0.2) is 0 Å². The van der Waals surface area contributed by atoms with Crippen LogP contribution in [-0.2, 0) is 26.3 Å². The van der Waals surface area contributed by atoms with Gasteiger partial charge >= 0.3 is 5.97 Å². The highest BCUT2D eigenvalue weighted by Crippen LogP contribution is 2.41. The van der Waals surface area contributed by atoms with E-state index in [4.69, 9.17) is 15.9 Å². The zero-order valence-corrected chi connectivity index (χ0v) is 20.8. The number of rotatable bonds is 6. The van der Waals surface area contributed by atoms with Gasteiger partial charge in [0.05, 0.1) is 11.7 Å². The molecule has 1 saturated carbocycles. The summed E-state index contributed by atoms with van der Waals surface area (Å²) in [5.74, 6) is 3.37. The number of ether oxygens (including phenoxy) is 2. The molecular formula is C30H38O3. The molecule has 2 aromatic rings. The SMILES string of the molecule is C#Cc1ccc(C2(C)CC(OC(C)=O)CC(CC)O2)cc1Cc1ccc(C2CC2)cc1.CC. The van der Waals surface area contributed by atoms with Crippen LogP contribution in [0.15, 0.2) is 42.5 Å². The summed E-state index contributed by atoms with van der Waals surface area (Å²) >= 11 is 0. The van der Waals surface area contributed by atoms with Crippen LogP contribution in [-0.4, -0.2) is 18.2 Å². The first-order valence-corrected chi connectivity index (χ1v) is 12.4. The van der Waals surface area contributed by atoms with Gasteiger partial charge in [-0.05, 0) is 66.8 Å². The highest BCUT2D eigenvalue weighted by Gasteiger charge is 2.40. The lowest BCUT2D eigenvalue weighted by Gasteiger charge is -2.42. The van der Waals surface area contributed by atoms with Crippen molar-refractivity contribution >= 4 is 5.97 Å². The minimum Gasteiger partial charge on any atom is -0.462 e. The minimum absolute atomic E-state index is 0.0637. The van der Waals surface area contributed by atoms with Crippen LogP contribution in [0.2, 0.25) is 0 Å². The first-order valence-electron chi connectivity index (χ1n) is 12.4. The molecule has 0 radical (unpaired) electrons. The fourth-order valence-corrected chi connectivity index (χ4v) is 4.79. The van der Waals surface area contributed by atoms with E-state index < -0.39 is 5.60 Å². The van der Waals surface area contributed by atoms with Gasteiger partial charge in [0.2, 0.25) is 0 Å². The molecule has 1 saturated heterocycles. The van der Waals surface area contributed by atoms with E-state index in [1.165, 1.54) is 30.9 Å². The maximum Gasteiger partial charge on any atom is 0.302 e. The highest BCUT2D eigenvalue weighted by atomic mass is 16.6. The minimum atomic E-state index is -0.517. The van der Waals surface area contributed by atoms with Gasteiger partial charge in [0, 0.05) is 25.3 Å². The molecular weight excluding hydrogens is 408 g/mol. The summed E-state index contributed by atoms with van der Waals surface area (Å²) in [5.41, 5.74) is 5.32. The fourth-order valence-electron chi connectivity index (χ4n) is 4.79. The van der Waals surface area contributed by atoms with Crippen LogP contribution < -0.4 is 0 Å². The first-order chi connectivity index (χ1) is 15.9. The molecule has 2 fully saturated rings. The molecule has 33 heavy (non-hydrogen) atoms. The summed E-state index contributed by atoms with van der Waals surface area (Å²) in [6.07, 6.45) is 11.4. The van der Waals surface area contributed by atoms with Crippen molar-refractivity contribution < 1.29 is 14.3 Å². The predicted molar refractivity (Wildman–Crippen MR) is 134 cm³/mol. The Morgan fingerprint density at radius 3 is 2.45 bits per heavy atom. The van der Waals surface area contributed by atoms with Crippen LogP contribution in [0, 0.1) is 12.3 Å². The average molecular weight is 447 g/mol. The number of terminal acetylenes is 1. The van der Waals surface area contributed by atoms with Crippen molar-refractivity contribution in [3.8, 4) is 12.3 Å². The summed E-state index contributed by atoms with van der Waals surface area (Å²) in [5, 5.41) is 0. The molecule has 2 aliphatic rings. The molecule has 3 nitrogen and oxygen atoms in total. The van der Waals surface area contributed by atoms with E-state index in [-0.39, 0.29) is 18.2 Å². The standard InChI is InChI=1S/C28H32O3.C2H6/c1-5-21-13-14-25(28(4)18-27(30-19(3)29)17-26(6-2)31-28)16-24(21)15-20-7-9-22(10-8-20)23-11-12-23;1-2/h1,7-10,13-14,16,23,26-27H,6,11-12,15,17-18H2,2-4H3;1-2H3. The Balaban J connectivity index is 0.00000149. The van der Waals surface area contributed by atoms with E-state index in [2.05, 4.69) is 56.2 Å². The van der Waals surface area contributed by atoms with Crippen LogP contribution >= 0.6 is 0 Å². The monoisotopic (exact) mass is 446 g/mol. The largest absolute Gasteiger partial charge is 0.462 e. The molecule has 4 rings (SSSR count). The number of hydrogen-bond donors (Lipinski definition) is 0. The summed E-state index contributed by atoms with van der Waals surface area (Å²) in [4.78, 5) is 11.6. The van der Waals surface area contributed by atoms with Gasteiger partial charge in [-0.25, -0.2) is 0 Å². The van der Waals surface area contributed by atoms with Crippen LogP contribution in [0.1, 0.15) is 100 Å². The summed E-state index contributed by atoms with van der Waals surface area (Å²) in [6, 6.07) is 15.2. The Bertz CT molecular complexity index is 981. The predicted octanol–water partition coefficient (Wildman–Crippen LogP) is 6.90. The highest BCUT2D eigenvalue weighted by molar-refractivity contribution is 5.66. The van der Waals surface area contributed by atoms with Gasteiger partial charge in [0.25, 0.3) is 0 Å². The van der Waals surface area contributed by atoms with Crippen molar-refractivity contribution in [2.75, 3.05) is 0 Å². The van der Waals surface area contributed by atoms with Crippen LogP contribution in [0.25, 0.3) is 0 Å². The van der Waals surface area contributed by atoms with Gasteiger partial charge in [0.1, 0.15) is 6.10 Å². The second-order valence-corrected chi connectivity index (χ2v) is 9.26. The molecule has 3 unspecified atom stereocenters. The van der Waals surface area contributed by atoms with Crippen LogP contribution in [0.4, 0.5) is 0 Å². The fraction of sp³-hybridized carbons (Fsp3) is 0.500. The molecule has 0 spiro atoms. The Morgan fingerprint density at radius 2 is 1.88 bits per heavy atom. The Hall–Kier alpha value is -2.57. The van der Waals surface area contributed by atoms with Gasteiger partial charge in [-0.3, -0.25) is 4.79 Å². The molecule has 0 amide bonds. The normalized spacial score (nSPS) is 24.2. The molecule has 1 heterocycles. The molecule has 1 aliphatic heterocycles. The average Bonchev–Trinajstić information content (AvgIpc) is 3.65.